The Bertz CT molecular complexity index is 1310. The molecule has 0 unspecified atom stereocenters. The maximum atomic E-state index is 13.2. The van der Waals surface area contributed by atoms with Gasteiger partial charge < -0.3 is 20.1 Å². The summed E-state index contributed by atoms with van der Waals surface area (Å²) in [6.45, 7) is 16.0. The van der Waals surface area contributed by atoms with Crippen LogP contribution in [0.4, 0.5) is 0 Å². The van der Waals surface area contributed by atoms with Crippen LogP contribution in [-0.4, -0.2) is 81.5 Å². The molecule has 2 aromatic carbocycles. The number of amides is 1. The maximum absolute atomic E-state index is 13.2. The van der Waals surface area contributed by atoms with Crippen molar-refractivity contribution in [1.29, 1.82) is 0 Å². The Labute approximate surface area is 235 Å². The largest absolute Gasteiger partial charge is 0.507 e. The van der Waals surface area contributed by atoms with Crippen LogP contribution < -0.4 is 10.1 Å². The summed E-state index contributed by atoms with van der Waals surface area (Å²) in [6.07, 6.45) is 0. The van der Waals surface area contributed by atoms with Crippen molar-refractivity contribution in [2.75, 3.05) is 39.8 Å². The van der Waals surface area contributed by atoms with E-state index in [1.54, 1.807) is 17.7 Å². The zero-order valence-corrected chi connectivity index (χ0v) is 24.4. The lowest BCUT2D eigenvalue weighted by Gasteiger charge is -2.34. The van der Waals surface area contributed by atoms with E-state index in [1.165, 1.54) is 0 Å². The topological polar surface area (TPSA) is 95.8 Å². The van der Waals surface area contributed by atoms with Crippen LogP contribution in [0.2, 0.25) is 5.02 Å². The van der Waals surface area contributed by atoms with Crippen molar-refractivity contribution in [3.05, 3.63) is 52.3 Å². The lowest BCUT2D eigenvalue weighted by atomic mass is 9.98. The summed E-state index contributed by atoms with van der Waals surface area (Å²) in [5, 5.41) is 23.1. The molecule has 0 atom stereocenters. The molecule has 0 aliphatic carbocycles. The molecule has 2 N–H and O–H groups in total. The average Bonchev–Trinajstić information content (AvgIpc) is 3.34. The van der Waals surface area contributed by atoms with Gasteiger partial charge in [-0.1, -0.05) is 38.4 Å². The number of phenolic OH excluding ortho intramolecular Hbond substituents is 1. The number of rotatable bonds is 9. The highest BCUT2D eigenvalue weighted by Crippen LogP contribution is 2.39. The van der Waals surface area contributed by atoms with E-state index < -0.39 is 0 Å². The Morgan fingerprint density at radius 3 is 2.36 bits per heavy atom. The van der Waals surface area contributed by atoms with Gasteiger partial charge in [0.05, 0.1) is 18.4 Å². The molecule has 1 fully saturated rings. The van der Waals surface area contributed by atoms with Gasteiger partial charge in [0, 0.05) is 49.9 Å². The number of aromatic hydroxyl groups is 1. The van der Waals surface area contributed by atoms with Crippen molar-refractivity contribution < 1.29 is 14.6 Å². The van der Waals surface area contributed by atoms with E-state index in [0.717, 1.165) is 50.4 Å². The van der Waals surface area contributed by atoms with Gasteiger partial charge in [0.25, 0.3) is 5.91 Å². The van der Waals surface area contributed by atoms with Gasteiger partial charge in [0.15, 0.2) is 5.82 Å². The fraction of sp³-hybridized carbons (Fsp3) is 0.483. The third-order valence-electron chi connectivity index (χ3n) is 7.10. The number of carbonyl (C=O) groups is 1. The predicted molar refractivity (Wildman–Crippen MR) is 154 cm³/mol. The first-order valence-corrected chi connectivity index (χ1v) is 13.9. The summed E-state index contributed by atoms with van der Waals surface area (Å²) in [5.41, 5.74) is 3.01. The number of carbonyl (C=O) groups excluding carboxylic acids is 1. The highest BCUT2D eigenvalue weighted by Gasteiger charge is 2.26. The van der Waals surface area contributed by atoms with Crippen LogP contribution in [0.1, 0.15) is 62.3 Å². The Hall–Kier alpha value is -3.14. The average molecular weight is 555 g/mol. The molecule has 1 aromatic heterocycles. The highest BCUT2D eigenvalue weighted by molar-refractivity contribution is 6.31. The third-order valence-corrected chi connectivity index (χ3v) is 7.45. The number of likely N-dealkylation sites (N-methyl/N-ethyl adjacent to an activating group) is 1. The normalized spacial score (nSPS) is 14.8. The third kappa shape index (κ3) is 6.37. The standard InChI is InChI=1S/C29H39ClN6O3/c1-7-34-10-12-35(13-11-34)17-20-8-9-21(14-24(20)30)36-27(32-33-28(36)29(38)31-19(4)5)23-15-22(18(2)3)26(39-6)16-25(23)37/h8-9,14-16,18-19,37H,7,10-13,17H2,1-6H3,(H,31,38). The number of hydrogen-bond donors (Lipinski definition) is 2. The molecule has 2 heterocycles. The van der Waals surface area contributed by atoms with E-state index >= 15 is 0 Å². The molecule has 0 bridgehead atoms. The number of aromatic nitrogens is 3. The Morgan fingerprint density at radius 2 is 1.77 bits per heavy atom. The van der Waals surface area contributed by atoms with Crippen molar-refractivity contribution in [3.63, 3.8) is 0 Å². The second kappa shape index (κ2) is 12.4. The predicted octanol–water partition coefficient (Wildman–Crippen LogP) is 4.70. The molecule has 39 heavy (non-hydrogen) atoms. The molecule has 1 amide bonds. The molecule has 210 valence electrons. The number of nitrogens with one attached hydrogen (secondary N) is 1. The first-order chi connectivity index (χ1) is 18.6. The molecular weight excluding hydrogens is 516 g/mol. The number of ether oxygens (including phenoxy) is 1. The fourth-order valence-electron chi connectivity index (χ4n) is 4.88. The summed E-state index contributed by atoms with van der Waals surface area (Å²) in [5.74, 6) is 0.782. The summed E-state index contributed by atoms with van der Waals surface area (Å²) in [4.78, 5) is 18.0. The first-order valence-electron chi connectivity index (χ1n) is 13.5. The molecule has 0 radical (unpaired) electrons. The van der Waals surface area contributed by atoms with E-state index in [2.05, 4.69) is 32.2 Å². The monoisotopic (exact) mass is 554 g/mol. The van der Waals surface area contributed by atoms with Crippen LogP contribution in [0.3, 0.4) is 0 Å². The Balaban J connectivity index is 1.76. The second-order valence-electron chi connectivity index (χ2n) is 10.6. The minimum atomic E-state index is -0.366. The maximum Gasteiger partial charge on any atom is 0.289 e. The molecule has 4 rings (SSSR count). The molecule has 0 spiro atoms. The Morgan fingerprint density at radius 1 is 1.08 bits per heavy atom. The van der Waals surface area contributed by atoms with Crippen LogP contribution in [0.15, 0.2) is 30.3 Å². The van der Waals surface area contributed by atoms with Crippen molar-refractivity contribution in [2.45, 2.75) is 53.1 Å². The zero-order chi connectivity index (χ0) is 28.3. The van der Waals surface area contributed by atoms with Gasteiger partial charge in [0.2, 0.25) is 5.82 Å². The number of halogens is 1. The van der Waals surface area contributed by atoms with Gasteiger partial charge in [-0.2, -0.15) is 0 Å². The smallest absolute Gasteiger partial charge is 0.289 e. The quantitative estimate of drug-likeness (QED) is 0.396. The zero-order valence-electron chi connectivity index (χ0n) is 23.7. The van der Waals surface area contributed by atoms with E-state index in [1.807, 2.05) is 52.0 Å². The Kier molecular flexibility index (Phi) is 9.15. The number of hydrogen-bond acceptors (Lipinski definition) is 7. The number of nitrogens with zero attached hydrogens (tertiary/aromatic N) is 5. The van der Waals surface area contributed by atoms with E-state index in [4.69, 9.17) is 16.3 Å². The van der Waals surface area contributed by atoms with Gasteiger partial charge in [-0.15, -0.1) is 10.2 Å². The second-order valence-corrected chi connectivity index (χ2v) is 11.0. The number of phenols is 1. The van der Waals surface area contributed by atoms with Gasteiger partial charge in [-0.3, -0.25) is 14.3 Å². The van der Waals surface area contributed by atoms with Crippen molar-refractivity contribution >= 4 is 17.5 Å². The minimum Gasteiger partial charge on any atom is -0.507 e. The van der Waals surface area contributed by atoms with Gasteiger partial charge in [0.1, 0.15) is 11.5 Å². The van der Waals surface area contributed by atoms with Crippen LogP contribution >= 0.6 is 11.6 Å². The molecule has 9 nitrogen and oxygen atoms in total. The van der Waals surface area contributed by atoms with Crippen LogP contribution in [0, 0.1) is 0 Å². The van der Waals surface area contributed by atoms with Crippen LogP contribution in [0.25, 0.3) is 17.1 Å². The summed E-state index contributed by atoms with van der Waals surface area (Å²) in [6, 6.07) is 9.08. The van der Waals surface area contributed by atoms with Gasteiger partial charge in [-0.25, -0.2) is 0 Å². The van der Waals surface area contributed by atoms with E-state index in [9.17, 15) is 9.90 Å². The molecule has 3 aromatic rings. The van der Waals surface area contributed by atoms with Crippen molar-refractivity contribution in [3.8, 4) is 28.6 Å². The van der Waals surface area contributed by atoms with Crippen molar-refractivity contribution in [1.82, 2.24) is 29.9 Å². The van der Waals surface area contributed by atoms with Crippen molar-refractivity contribution in [2.24, 2.45) is 0 Å². The molecule has 0 saturated carbocycles. The number of piperazine rings is 1. The summed E-state index contributed by atoms with van der Waals surface area (Å²) < 4.78 is 7.14. The molecule has 1 aliphatic rings. The number of methoxy groups -OCH3 is 1. The van der Waals surface area contributed by atoms with Gasteiger partial charge in [-0.05, 0) is 55.6 Å². The van der Waals surface area contributed by atoms with Crippen LogP contribution in [0.5, 0.6) is 11.5 Å². The summed E-state index contributed by atoms with van der Waals surface area (Å²) in [7, 11) is 1.57. The first kappa shape index (κ1) is 28.9. The summed E-state index contributed by atoms with van der Waals surface area (Å²) >= 11 is 6.82. The SMILES string of the molecule is CCN1CCN(Cc2ccc(-n3c(C(=O)NC(C)C)nnc3-c3cc(C(C)C)c(OC)cc3O)cc2Cl)CC1. The molecule has 1 saturated heterocycles. The fourth-order valence-corrected chi connectivity index (χ4v) is 5.11. The van der Waals surface area contributed by atoms with Gasteiger partial charge >= 0.3 is 0 Å². The number of benzene rings is 2. The lowest BCUT2D eigenvalue weighted by molar-refractivity contribution is 0.0930. The minimum absolute atomic E-state index is 0.0188. The molecule has 1 aliphatic heterocycles. The molecule has 10 heteroatoms. The highest BCUT2D eigenvalue weighted by atomic mass is 35.5. The van der Waals surface area contributed by atoms with E-state index in [-0.39, 0.29) is 29.4 Å². The molecular formula is C29H39ClN6O3. The lowest BCUT2D eigenvalue weighted by Crippen LogP contribution is -2.45. The van der Waals surface area contributed by atoms with Crippen LogP contribution in [-0.2, 0) is 6.54 Å². The van der Waals surface area contributed by atoms with E-state index in [0.29, 0.717) is 27.8 Å².